The zero-order chi connectivity index (χ0) is 86.8. The largest absolute Gasteiger partial charge is 0.394 e. The monoisotopic (exact) mass is 1770 g/mol. The Labute approximate surface area is 750 Å². The van der Waals surface area contributed by atoms with Gasteiger partial charge in [0, 0.05) is 164 Å². The maximum Gasteiger partial charge on any atom is 0.322 e. The summed E-state index contributed by atoms with van der Waals surface area (Å²) in [5, 5.41) is 22.7. The first-order chi connectivity index (χ1) is 59.2. The van der Waals surface area contributed by atoms with Crippen molar-refractivity contribution < 1.29 is 52.5 Å². The van der Waals surface area contributed by atoms with E-state index in [9.17, 15) is 48.3 Å². The van der Waals surface area contributed by atoms with Gasteiger partial charge in [-0.05, 0) is 153 Å². The van der Waals surface area contributed by atoms with E-state index in [-0.39, 0.29) is 129 Å². The smallest absolute Gasteiger partial charge is 0.322 e. The zero-order valence-corrected chi connectivity index (χ0v) is 75.4. The molecule has 29 heteroatoms. The lowest BCUT2D eigenvalue weighted by Crippen LogP contribution is -2.51. The van der Waals surface area contributed by atoms with Gasteiger partial charge in [-0.1, -0.05) is 181 Å². The average Bonchev–Trinajstić information content (AvgIpc) is 1.68. The van der Waals surface area contributed by atoms with Crippen LogP contribution in [0.1, 0.15) is 179 Å². The minimum absolute atomic E-state index is 0. The fourth-order valence-corrected chi connectivity index (χ4v) is 23.5. The highest BCUT2D eigenvalue weighted by molar-refractivity contribution is 8.01. The number of aromatic nitrogens is 2. The number of aliphatic hydroxyl groups is 1. The number of hydrogen-bond donors (Lipinski definition) is 4. The highest BCUT2D eigenvalue weighted by Crippen LogP contribution is 2.51. The van der Waals surface area contributed by atoms with Gasteiger partial charge in [0.1, 0.15) is 16.1 Å². The summed E-state index contributed by atoms with van der Waals surface area (Å²) < 4.78 is 1.84. The Balaban J connectivity index is 0.000000182. The number of fused-ring (bicyclic) bond motifs is 3. The Hall–Kier alpha value is -9.25. The third-order valence-corrected chi connectivity index (χ3v) is 30.0. The molecule has 16 rings (SSSR count). The fourth-order valence-electron chi connectivity index (χ4n) is 18.2. The molecule has 0 spiro atoms. The molecule has 7 aromatic rings. The molecule has 9 aliphatic heterocycles. The number of likely N-dealkylation sites (tertiary alicyclic amines) is 3. The van der Waals surface area contributed by atoms with Crippen LogP contribution in [0.4, 0.5) is 31.4 Å². The SMILES string of the molecule is CC(C)(C)CCN1C(=O)C(CC(=O)N2CCC(N3CCc4ccccc4NC3=O)CC2)SC1c1ccccc1-n1cccn1.CC(C)CCN1C(=O)C(CC(=O)N2CCC(N3CCc4ccccc4NC3=O)CC2)SC1c1c(Cl)cccc1Cl.CC(C)C[C@H](CO)N1C(=O)C(CC(=O)N2CCC(N3Cc4ccccc4NC3=O)CC2)SC1c1ccccc1.[HH].[HH].[HH]. The number of carbonyl (C=O) groups is 9. The molecule has 0 bridgehead atoms. The number of amides is 12. The van der Waals surface area contributed by atoms with Gasteiger partial charge >= 0.3 is 18.1 Å². The number of halogens is 2. The van der Waals surface area contributed by atoms with Gasteiger partial charge in [0.05, 0.1) is 34.1 Å². The van der Waals surface area contributed by atoms with Crippen LogP contribution in [0.25, 0.3) is 5.69 Å². The fraction of sp³-hybridized carbons (Fsp3) is 0.489. The van der Waals surface area contributed by atoms with Crippen molar-refractivity contribution in [2.45, 2.75) is 201 Å². The molecule has 6 aromatic carbocycles. The summed E-state index contributed by atoms with van der Waals surface area (Å²) in [7, 11) is 0. The van der Waals surface area contributed by atoms with Crippen molar-refractivity contribution in [1.29, 1.82) is 0 Å². The molecule has 6 fully saturated rings. The lowest BCUT2D eigenvalue weighted by atomic mass is 9.92. The van der Waals surface area contributed by atoms with Crippen LogP contribution in [0.15, 0.2) is 164 Å². The molecule has 0 radical (unpaired) electrons. The van der Waals surface area contributed by atoms with Crippen LogP contribution in [0.5, 0.6) is 0 Å². The molecule has 1 aromatic heterocycles. The number of aliphatic hydroxyl groups excluding tert-OH is 1. The number of nitrogens with one attached hydrogen (secondary N) is 3. The highest BCUT2D eigenvalue weighted by atomic mass is 35.5. The van der Waals surface area contributed by atoms with E-state index >= 15 is 0 Å². The van der Waals surface area contributed by atoms with Gasteiger partial charge in [-0.15, -0.1) is 35.3 Å². The third-order valence-electron chi connectivity index (χ3n) is 25.0. The van der Waals surface area contributed by atoms with Crippen molar-refractivity contribution in [3.05, 3.63) is 207 Å². The summed E-state index contributed by atoms with van der Waals surface area (Å²) in [5.41, 5.74) is 9.80. The van der Waals surface area contributed by atoms with Gasteiger partial charge in [-0.3, -0.25) is 28.8 Å². The van der Waals surface area contributed by atoms with E-state index in [1.165, 1.54) is 23.5 Å². The first-order valence-electron chi connectivity index (χ1n) is 43.6. The van der Waals surface area contributed by atoms with Crippen molar-refractivity contribution in [1.82, 2.24) is 53.9 Å². The molecule has 9 aliphatic rings. The summed E-state index contributed by atoms with van der Waals surface area (Å²) in [5.74, 6) is 0.660. The molecule has 0 saturated carbocycles. The Morgan fingerprint density at radius 2 is 0.935 bits per heavy atom. The Bertz CT molecular complexity index is 4900. The van der Waals surface area contributed by atoms with Gasteiger partial charge < -0.3 is 65.2 Å². The number of nitrogens with zero attached hydrogens (tertiary/aromatic N) is 11. The van der Waals surface area contributed by atoms with Crippen molar-refractivity contribution >= 4 is 129 Å². The molecule has 24 nitrogen and oxygen atoms in total. The molecule has 10 heterocycles. The predicted molar refractivity (Wildman–Crippen MR) is 495 cm³/mol. The number of carbonyl (C=O) groups excluding carboxylic acids is 9. The quantitative estimate of drug-likeness (QED) is 0.0492. The van der Waals surface area contributed by atoms with Crippen molar-refractivity contribution in [2.75, 3.05) is 88.0 Å². The first-order valence-corrected chi connectivity index (χ1v) is 47.2. The van der Waals surface area contributed by atoms with Gasteiger partial charge in [0.25, 0.3) is 0 Å². The second kappa shape index (κ2) is 40.8. The Kier molecular flexibility index (Phi) is 29.9. The number of rotatable bonds is 22. The van der Waals surface area contributed by atoms with E-state index in [1.807, 2.05) is 170 Å². The normalized spacial score (nSPS) is 22.0. The van der Waals surface area contributed by atoms with Crippen LogP contribution in [0.2, 0.25) is 10.0 Å². The van der Waals surface area contributed by atoms with E-state index in [2.05, 4.69) is 87.7 Å². The summed E-state index contributed by atoms with van der Waals surface area (Å²) in [4.78, 5) is 137. The number of hydrogen-bond acceptors (Lipinski definition) is 14. The summed E-state index contributed by atoms with van der Waals surface area (Å²) in [6.45, 7) is 21.5. The average molecular weight is 1780 g/mol. The second-order valence-electron chi connectivity index (χ2n) is 35.5. The number of para-hydroxylation sites is 4. The molecule has 0 aliphatic carbocycles. The molecular weight excluding hydrogens is 1650 g/mol. The van der Waals surface area contributed by atoms with Crippen molar-refractivity contribution in [3.8, 4) is 5.69 Å². The van der Waals surface area contributed by atoms with E-state index in [4.69, 9.17) is 23.2 Å². The number of piperidine rings is 3. The molecule has 12 amide bonds. The van der Waals surface area contributed by atoms with Crippen LogP contribution in [0, 0.1) is 17.3 Å². The van der Waals surface area contributed by atoms with Crippen LogP contribution in [-0.4, -0.2) is 224 Å². The van der Waals surface area contributed by atoms with Crippen molar-refractivity contribution in [3.63, 3.8) is 0 Å². The molecule has 660 valence electrons. The maximum atomic E-state index is 13.9. The lowest BCUT2D eigenvalue weighted by molar-refractivity contribution is -0.138. The topological polar surface area (TPSA) is 257 Å². The highest BCUT2D eigenvalue weighted by Gasteiger charge is 2.49. The van der Waals surface area contributed by atoms with Crippen LogP contribution in [0.3, 0.4) is 0 Å². The zero-order valence-electron chi connectivity index (χ0n) is 71.4. The Morgan fingerprint density at radius 1 is 0.496 bits per heavy atom. The molecular formula is C94H122Cl2N14O10S3. The van der Waals surface area contributed by atoms with E-state index in [1.54, 1.807) is 36.2 Å². The van der Waals surface area contributed by atoms with E-state index < -0.39 is 15.7 Å². The van der Waals surface area contributed by atoms with Gasteiger partial charge in [-0.2, -0.15) is 5.10 Å². The summed E-state index contributed by atoms with van der Waals surface area (Å²) in [6.07, 6.45) is 12.5. The number of urea groups is 3. The number of anilines is 3. The van der Waals surface area contributed by atoms with Gasteiger partial charge in [0.2, 0.25) is 35.4 Å². The third kappa shape index (κ3) is 21.6. The second-order valence-corrected chi connectivity index (χ2v) is 40.2. The molecule has 4 N–H and O–H groups in total. The van der Waals surface area contributed by atoms with Crippen LogP contribution >= 0.6 is 58.5 Å². The molecule has 6 unspecified atom stereocenters. The summed E-state index contributed by atoms with van der Waals surface area (Å²) >= 11 is 17.7. The molecule has 6 saturated heterocycles. The van der Waals surface area contributed by atoms with Gasteiger partial charge in [-0.25, -0.2) is 19.1 Å². The molecule has 123 heavy (non-hydrogen) atoms. The minimum Gasteiger partial charge on any atom is -0.394 e. The summed E-state index contributed by atoms with van der Waals surface area (Å²) in [6, 6.07) is 48.7. The minimum atomic E-state index is -0.482. The van der Waals surface area contributed by atoms with E-state index in [0.717, 1.165) is 107 Å². The molecule has 7 atom stereocenters. The van der Waals surface area contributed by atoms with E-state index in [0.29, 0.717) is 113 Å². The van der Waals surface area contributed by atoms with Crippen LogP contribution < -0.4 is 16.0 Å². The standard InChI is InChI=1S/C34H42N6O3S.C30H36Cl2N4O3S.C30H38N4O4S.3H2/c1-34(2,3)16-22-39-31(42)29(44-32(39)26-10-5-7-12-28(26)40-18-8-17-35-40)23-30(41)37-19-14-25(15-20-37)38-21-13-24-9-4-6-11-27(24)36-33(38)43;1-19(2)10-16-36-28(38)25(40-29(36)27-22(31)7-5-8-23(27)32)18-26(37)34-14-12-21(13-15-34)35-17-11-20-6-3-4-9-24(20)33-30(35)39;1-20(2)16-24(19-35)34-28(37)26(39-29(34)21-8-4-3-5-9-21)17-27(36)32-14-12-23(13-15-32)33-18-22-10-6-7-11-25(22)31-30(33)38;;;/h4-12,17-18,25,29,32H,13-16,19-23H2,1-3H3,(H,36,43);3-9,19,21,25,29H,10-18H2,1-2H3,(H,33,39);3-11,20,23-24,26,29,35H,12-19H2,1-2H3,(H,31,38);3*1H/t;;24-,26?,29?;;;/m..1.../s1. The number of thioether (sulfide) groups is 3. The van der Waals surface area contributed by atoms with Gasteiger partial charge in [0.15, 0.2) is 0 Å². The Morgan fingerprint density at radius 3 is 1.42 bits per heavy atom. The van der Waals surface area contributed by atoms with Crippen LogP contribution in [-0.2, 0) is 48.2 Å². The first kappa shape index (κ1) is 90.0. The lowest BCUT2D eigenvalue weighted by Gasteiger charge is -2.40. The number of benzene rings is 6. The van der Waals surface area contributed by atoms with Crippen molar-refractivity contribution in [2.24, 2.45) is 17.3 Å². The predicted octanol–water partition coefficient (Wildman–Crippen LogP) is 17.4. The maximum absolute atomic E-state index is 13.9.